The van der Waals surface area contributed by atoms with Gasteiger partial charge >= 0.3 is 5.97 Å². The normalized spacial score (nSPS) is 20.4. The molecule has 6 heterocycles. The number of hydrogen-bond acceptors (Lipinski definition) is 13. The molecular formula is C37H40N10O7S2. The third kappa shape index (κ3) is 7.96. The van der Waals surface area contributed by atoms with E-state index >= 15 is 0 Å². The number of carboxylic acids is 2. The predicted molar refractivity (Wildman–Crippen MR) is 207 cm³/mol. The number of aliphatic carboxylic acids is 2. The van der Waals surface area contributed by atoms with Gasteiger partial charge in [-0.2, -0.15) is 4.57 Å². The molecule has 0 bridgehead atoms. The van der Waals surface area contributed by atoms with Gasteiger partial charge in [0.25, 0.3) is 11.8 Å². The smallest absolute Gasteiger partial charge is 0.350 e. The lowest BCUT2D eigenvalue weighted by molar-refractivity contribution is -0.687. The minimum Gasteiger partial charge on any atom is -0.543 e. The number of aliphatic imine (C=N–C) groups is 1. The first-order valence-corrected chi connectivity index (χ1v) is 19.7. The number of nitrogens with two attached hydrogens (primary N) is 2. The number of carbonyl (C=O) groups is 4. The molecule has 2 saturated heterocycles. The lowest BCUT2D eigenvalue weighted by atomic mass is 10.0. The van der Waals surface area contributed by atoms with Gasteiger partial charge in [0.05, 0.1) is 17.7 Å². The zero-order valence-corrected chi connectivity index (χ0v) is 32.1. The highest BCUT2D eigenvalue weighted by atomic mass is 32.2. The number of carbonyl (C=O) groups excluding carboxylic acids is 3. The Kier molecular flexibility index (Phi) is 10.8. The fourth-order valence-electron chi connectivity index (χ4n) is 6.62. The first-order valence-electron chi connectivity index (χ1n) is 17.8. The van der Waals surface area contributed by atoms with Crippen LogP contribution in [0.5, 0.6) is 0 Å². The Labute approximate surface area is 329 Å². The molecule has 56 heavy (non-hydrogen) atoms. The van der Waals surface area contributed by atoms with E-state index < -0.39 is 46.5 Å². The van der Waals surface area contributed by atoms with E-state index in [0.29, 0.717) is 18.0 Å². The van der Waals surface area contributed by atoms with Crippen LogP contribution in [0.15, 0.2) is 81.8 Å². The number of fused-ring (bicyclic) bond motifs is 2. The number of rotatable bonds is 13. The van der Waals surface area contributed by atoms with E-state index in [1.807, 2.05) is 59.6 Å². The number of aromatic nitrogens is 3. The highest BCUT2D eigenvalue weighted by Crippen LogP contribution is 2.40. The summed E-state index contributed by atoms with van der Waals surface area (Å²) in [5.41, 5.74) is 13.0. The van der Waals surface area contributed by atoms with Crippen molar-refractivity contribution in [3.63, 3.8) is 0 Å². The lowest BCUT2D eigenvalue weighted by Crippen LogP contribution is -2.71. The number of anilines is 1. The zero-order valence-electron chi connectivity index (χ0n) is 30.5. The van der Waals surface area contributed by atoms with Crippen LogP contribution in [0.2, 0.25) is 0 Å². The molecule has 1 aromatic carbocycles. The van der Waals surface area contributed by atoms with Crippen LogP contribution in [0, 0.1) is 0 Å². The van der Waals surface area contributed by atoms with Crippen molar-refractivity contribution in [2.45, 2.75) is 62.8 Å². The summed E-state index contributed by atoms with van der Waals surface area (Å²) in [6, 6.07) is 11.0. The number of nitrogens with one attached hydrogen (secondary N) is 2. The van der Waals surface area contributed by atoms with Crippen LogP contribution < -0.4 is 31.8 Å². The number of β-lactam (4-membered cyclic amide) rings is 1. The van der Waals surface area contributed by atoms with Gasteiger partial charge in [0.1, 0.15) is 28.5 Å². The highest BCUT2D eigenvalue weighted by molar-refractivity contribution is 8.00. The zero-order chi connectivity index (χ0) is 39.7. The average molecular weight is 801 g/mol. The summed E-state index contributed by atoms with van der Waals surface area (Å²) in [5, 5.41) is 33.5. The first-order chi connectivity index (χ1) is 26.8. The quantitative estimate of drug-likeness (QED) is 0.0399. The Morgan fingerprint density at radius 3 is 2.68 bits per heavy atom. The third-order valence-corrected chi connectivity index (χ3v) is 11.7. The Morgan fingerprint density at radius 2 is 2.00 bits per heavy atom. The van der Waals surface area contributed by atoms with Gasteiger partial charge in [-0.1, -0.05) is 29.4 Å². The summed E-state index contributed by atoms with van der Waals surface area (Å²) in [5.74, 6) is -3.61. The lowest BCUT2D eigenvalue weighted by Gasteiger charge is -2.50. The van der Waals surface area contributed by atoms with E-state index in [4.69, 9.17) is 21.3 Å². The molecule has 292 valence electrons. The molecular weight excluding hydrogens is 761 g/mol. The van der Waals surface area contributed by atoms with Crippen molar-refractivity contribution in [2.24, 2.45) is 15.9 Å². The third-order valence-electron chi connectivity index (χ3n) is 9.73. The Hall–Kier alpha value is -5.79. The first kappa shape index (κ1) is 38.5. The van der Waals surface area contributed by atoms with E-state index in [9.17, 15) is 29.4 Å². The van der Waals surface area contributed by atoms with Crippen molar-refractivity contribution in [3.05, 3.63) is 88.5 Å². The summed E-state index contributed by atoms with van der Waals surface area (Å²) in [4.78, 5) is 66.1. The van der Waals surface area contributed by atoms with E-state index in [1.165, 1.54) is 31.0 Å². The molecule has 1 unspecified atom stereocenters. The van der Waals surface area contributed by atoms with Gasteiger partial charge in [-0.05, 0) is 44.9 Å². The molecule has 7 rings (SSSR count). The number of pyridine rings is 1. The molecule has 0 aliphatic carbocycles. The number of nitrogens with zero attached hydrogens (tertiary/aromatic N) is 6. The molecule has 2 fully saturated rings. The second-order valence-corrected chi connectivity index (χ2v) is 16.1. The molecule has 3 aromatic heterocycles. The van der Waals surface area contributed by atoms with Crippen molar-refractivity contribution in [1.82, 2.24) is 25.1 Å². The maximum absolute atomic E-state index is 13.5. The predicted octanol–water partition coefficient (Wildman–Crippen LogP) is 0.161. The van der Waals surface area contributed by atoms with Crippen molar-refractivity contribution in [2.75, 3.05) is 24.6 Å². The fraction of sp³-hybridized carbons (Fsp3) is 0.351. The van der Waals surface area contributed by atoms with Crippen molar-refractivity contribution in [1.29, 1.82) is 0 Å². The SMILES string of the molecule is CC(C)(ON=C(C(=O)N[C@@H]1C(=O)N2C(C(=O)[O-])=C(C[n+]3ccc4ccn(Cc5ccc(C(N)=NC6CCCNC6)cc5)c4c3)CS[C@H]12)c1csc(N)n1)C(=O)O. The van der Waals surface area contributed by atoms with Gasteiger partial charge in [0.2, 0.25) is 5.60 Å². The number of oxime groups is 1. The number of piperidine rings is 1. The number of nitrogen functional groups attached to an aromatic ring is 1. The monoisotopic (exact) mass is 800 g/mol. The van der Waals surface area contributed by atoms with Crippen LogP contribution in [0.1, 0.15) is 43.5 Å². The van der Waals surface area contributed by atoms with Crippen molar-refractivity contribution in [3.8, 4) is 0 Å². The van der Waals surface area contributed by atoms with Gasteiger partial charge in [-0.3, -0.25) is 19.5 Å². The number of benzene rings is 1. The van der Waals surface area contributed by atoms with E-state index in [2.05, 4.69) is 25.3 Å². The second kappa shape index (κ2) is 15.8. The highest BCUT2D eigenvalue weighted by Gasteiger charge is 2.53. The minimum atomic E-state index is -1.78. The van der Waals surface area contributed by atoms with Crippen LogP contribution in [0.25, 0.3) is 10.9 Å². The topological polar surface area (TPSA) is 247 Å². The summed E-state index contributed by atoms with van der Waals surface area (Å²) >= 11 is 2.31. The van der Waals surface area contributed by atoms with Gasteiger partial charge in [0, 0.05) is 53.0 Å². The van der Waals surface area contributed by atoms with Crippen LogP contribution >= 0.6 is 23.1 Å². The molecule has 3 aliphatic rings. The summed E-state index contributed by atoms with van der Waals surface area (Å²) in [7, 11) is 0. The van der Waals surface area contributed by atoms with E-state index in [1.54, 1.807) is 0 Å². The van der Waals surface area contributed by atoms with E-state index in [0.717, 1.165) is 64.2 Å². The minimum absolute atomic E-state index is 0.0140. The Morgan fingerprint density at radius 1 is 1.21 bits per heavy atom. The maximum Gasteiger partial charge on any atom is 0.350 e. The van der Waals surface area contributed by atoms with Crippen molar-refractivity contribution >= 4 is 74.4 Å². The van der Waals surface area contributed by atoms with Crippen LogP contribution in [0.3, 0.4) is 0 Å². The van der Waals surface area contributed by atoms with Crippen LogP contribution in [-0.2, 0) is 37.1 Å². The van der Waals surface area contributed by atoms with Crippen LogP contribution in [-0.4, -0.2) is 96.8 Å². The fourth-order valence-corrected chi connectivity index (χ4v) is 8.50. The number of hydrogen-bond donors (Lipinski definition) is 5. The number of thiazole rings is 1. The second-order valence-electron chi connectivity index (χ2n) is 14.1. The molecule has 7 N–H and O–H groups in total. The molecule has 19 heteroatoms. The molecule has 17 nitrogen and oxygen atoms in total. The molecule has 3 atom stereocenters. The number of thioether (sulfide) groups is 1. The number of carboxylic acid groups (broad SMARTS) is 2. The molecule has 0 spiro atoms. The Balaban J connectivity index is 1.05. The molecule has 0 radical (unpaired) electrons. The standard InChI is InChI=1S/C37H40N10O7S2/c1-37(2,35(52)53)54-44-27(25-19-56-36(39)42-25)31(48)43-28-32(49)47-29(34(50)51)23(18-55-33(28)47)16-45-12-9-21-10-13-46(26(21)17-45)15-20-5-7-22(8-6-20)30(38)41-24-4-3-11-40-14-24/h5-10,12-13,17,19,24,28,33,40H,3-4,11,14-16,18H2,1-2H3,(H6-,38,39,41,42,43,48,50,51,52,53)/t24?,28-,33-/m1/s1. The molecule has 2 amide bonds. The van der Waals surface area contributed by atoms with E-state index in [-0.39, 0.29) is 34.9 Å². The molecule has 4 aromatic rings. The largest absolute Gasteiger partial charge is 0.543 e. The van der Waals surface area contributed by atoms with Gasteiger partial charge in [0.15, 0.2) is 29.8 Å². The van der Waals surface area contributed by atoms with Crippen LogP contribution in [0.4, 0.5) is 5.13 Å². The summed E-state index contributed by atoms with van der Waals surface area (Å²) in [6.45, 7) is 5.10. The molecule has 3 aliphatic heterocycles. The summed E-state index contributed by atoms with van der Waals surface area (Å²) < 4.78 is 3.96. The Bertz CT molecular complexity index is 2290. The number of amidine groups is 1. The maximum atomic E-state index is 13.5. The number of amides is 2. The summed E-state index contributed by atoms with van der Waals surface area (Å²) in [6.07, 6.45) is 7.88. The molecule has 0 saturated carbocycles. The van der Waals surface area contributed by atoms with Gasteiger partial charge in [-0.25, -0.2) is 9.78 Å². The van der Waals surface area contributed by atoms with Crippen molar-refractivity contribution < 1.29 is 38.8 Å². The average Bonchev–Trinajstić information content (AvgIpc) is 3.79. The van der Waals surface area contributed by atoms with Gasteiger partial charge in [-0.15, -0.1) is 23.1 Å². The van der Waals surface area contributed by atoms with Gasteiger partial charge < -0.3 is 46.5 Å².